The number of carbonyl (C=O) groups excluding carboxylic acids is 1. The van der Waals surface area contributed by atoms with Crippen LogP contribution in [0.25, 0.3) is 0 Å². The molecule has 0 aliphatic rings. The van der Waals surface area contributed by atoms with E-state index >= 15 is 0 Å². The highest BCUT2D eigenvalue weighted by Crippen LogP contribution is 2.27. The van der Waals surface area contributed by atoms with Crippen LogP contribution >= 0.6 is 34.8 Å². The van der Waals surface area contributed by atoms with Crippen molar-refractivity contribution in [2.24, 2.45) is 0 Å². The lowest BCUT2D eigenvalue weighted by atomic mass is 10.1. The molecule has 0 N–H and O–H groups in total. The van der Waals surface area contributed by atoms with Gasteiger partial charge in [0.1, 0.15) is 5.75 Å². The van der Waals surface area contributed by atoms with Crippen molar-refractivity contribution in [3.63, 3.8) is 0 Å². The molecule has 0 aromatic heterocycles. The topological polar surface area (TPSA) is 26.3 Å². The number of hydrogen-bond acceptors (Lipinski definition) is 2. The summed E-state index contributed by atoms with van der Waals surface area (Å²) in [7, 11) is 0. The van der Waals surface area contributed by atoms with E-state index < -0.39 is 6.10 Å². The van der Waals surface area contributed by atoms with E-state index in [0.29, 0.717) is 21.4 Å². The fourth-order valence-electron chi connectivity index (χ4n) is 1.71. The fraction of sp³-hybridized carbons (Fsp3) is 0.133. The van der Waals surface area contributed by atoms with Crippen molar-refractivity contribution in [1.82, 2.24) is 0 Å². The summed E-state index contributed by atoms with van der Waals surface area (Å²) in [6.07, 6.45) is -0.690. The van der Waals surface area contributed by atoms with Crippen LogP contribution in [0.2, 0.25) is 15.1 Å². The van der Waals surface area contributed by atoms with E-state index in [9.17, 15) is 4.79 Å². The van der Waals surface area contributed by atoms with Crippen molar-refractivity contribution in [2.45, 2.75) is 13.0 Å². The third-order valence-corrected chi connectivity index (χ3v) is 3.75. The van der Waals surface area contributed by atoms with Crippen molar-refractivity contribution in [1.29, 1.82) is 0 Å². The minimum absolute atomic E-state index is 0.237. The van der Waals surface area contributed by atoms with Gasteiger partial charge in [0.05, 0.1) is 10.0 Å². The smallest absolute Gasteiger partial charge is 0.204 e. The highest BCUT2D eigenvalue weighted by Gasteiger charge is 2.20. The maximum absolute atomic E-state index is 12.3. The molecule has 2 aromatic rings. The number of benzene rings is 2. The first kappa shape index (κ1) is 15.2. The molecular weight excluding hydrogens is 319 g/mol. The molecule has 0 bridgehead atoms. The van der Waals surface area contributed by atoms with Crippen LogP contribution in [0.1, 0.15) is 17.3 Å². The van der Waals surface area contributed by atoms with Crippen LogP contribution in [0, 0.1) is 0 Å². The second kappa shape index (κ2) is 6.49. The summed E-state index contributed by atoms with van der Waals surface area (Å²) < 4.78 is 5.57. The Bertz CT molecular complexity index is 641. The van der Waals surface area contributed by atoms with Crippen LogP contribution in [-0.2, 0) is 0 Å². The van der Waals surface area contributed by atoms with Crippen molar-refractivity contribution >= 4 is 40.6 Å². The van der Waals surface area contributed by atoms with E-state index in [-0.39, 0.29) is 10.8 Å². The Morgan fingerprint density at radius 2 is 1.80 bits per heavy atom. The molecule has 2 rings (SSSR count). The molecule has 0 radical (unpaired) electrons. The van der Waals surface area contributed by atoms with Crippen LogP contribution in [0.5, 0.6) is 5.75 Å². The summed E-state index contributed by atoms with van der Waals surface area (Å²) >= 11 is 17.8. The van der Waals surface area contributed by atoms with Gasteiger partial charge in [-0.2, -0.15) is 0 Å². The molecule has 20 heavy (non-hydrogen) atoms. The van der Waals surface area contributed by atoms with Gasteiger partial charge in [0.2, 0.25) is 5.78 Å². The van der Waals surface area contributed by atoms with Gasteiger partial charge in [0, 0.05) is 10.6 Å². The predicted molar refractivity (Wildman–Crippen MR) is 82.3 cm³/mol. The van der Waals surface area contributed by atoms with Gasteiger partial charge in [0.25, 0.3) is 0 Å². The van der Waals surface area contributed by atoms with Crippen molar-refractivity contribution < 1.29 is 9.53 Å². The molecule has 0 heterocycles. The second-order valence-electron chi connectivity index (χ2n) is 4.18. The van der Waals surface area contributed by atoms with Gasteiger partial charge >= 0.3 is 0 Å². The van der Waals surface area contributed by atoms with E-state index in [1.165, 1.54) is 0 Å². The molecule has 104 valence electrons. The highest BCUT2D eigenvalue weighted by molar-refractivity contribution is 6.44. The number of carbonyl (C=O) groups is 1. The molecule has 2 aromatic carbocycles. The fourth-order valence-corrected chi connectivity index (χ4v) is 2.28. The van der Waals surface area contributed by atoms with Gasteiger partial charge in [0.15, 0.2) is 6.10 Å². The van der Waals surface area contributed by atoms with Gasteiger partial charge in [-0.15, -0.1) is 0 Å². The van der Waals surface area contributed by atoms with Crippen LogP contribution in [0.4, 0.5) is 0 Å². The molecule has 0 aliphatic carbocycles. The van der Waals surface area contributed by atoms with Gasteiger partial charge in [-0.05, 0) is 37.3 Å². The normalized spacial score (nSPS) is 12.0. The highest BCUT2D eigenvalue weighted by atomic mass is 35.5. The third-order valence-electron chi connectivity index (χ3n) is 2.70. The molecule has 0 spiro atoms. The second-order valence-corrected chi connectivity index (χ2v) is 5.40. The maximum Gasteiger partial charge on any atom is 0.204 e. The van der Waals surface area contributed by atoms with Crippen LogP contribution in [0.15, 0.2) is 42.5 Å². The molecule has 0 saturated heterocycles. The Kier molecular flexibility index (Phi) is 4.92. The lowest BCUT2D eigenvalue weighted by Gasteiger charge is -2.15. The summed E-state index contributed by atoms with van der Waals surface area (Å²) in [6.45, 7) is 1.65. The summed E-state index contributed by atoms with van der Waals surface area (Å²) in [4.78, 5) is 12.3. The first-order chi connectivity index (χ1) is 9.49. The molecule has 1 atom stereocenters. The third kappa shape index (κ3) is 3.45. The first-order valence-electron chi connectivity index (χ1n) is 5.89. The Morgan fingerprint density at radius 1 is 1.10 bits per heavy atom. The number of ether oxygens (including phenoxy) is 1. The van der Waals surface area contributed by atoms with Crippen molar-refractivity contribution in [2.75, 3.05) is 0 Å². The predicted octanol–water partition coefficient (Wildman–Crippen LogP) is 5.30. The van der Waals surface area contributed by atoms with Gasteiger partial charge in [-0.25, -0.2) is 0 Å². The van der Waals surface area contributed by atoms with Crippen LogP contribution < -0.4 is 4.74 Å². The summed E-state index contributed by atoms with van der Waals surface area (Å²) in [5.74, 6) is 0.286. The van der Waals surface area contributed by atoms with E-state index in [1.807, 2.05) is 0 Å². The van der Waals surface area contributed by atoms with E-state index in [2.05, 4.69) is 0 Å². The zero-order valence-electron chi connectivity index (χ0n) is 10.6. The van der Waals surface area contributed by atoms with E-state index in [1.54, 1.807) is 49.4 Å². The Labute approximate surface area is 132 Å². The van der Waals surface area contributed by atoms with Crippen LogP contribution in [0.3, 0.4) is 0 Å². The number of halogens is 3. The molecule has 1 unspecified atom stereocenters. The number of Topliss-reactive ketones (excluding diaryl/α,β-unsaturated/α-hetero) is 1. The quantitative estimate of drug-likeness (QED) is 0.712. The molecule has 0 saturated carbocycles. The summed E-state index contributed by atoms with van der Waals surface area (Å²) in [6, 6.07) is 11.8. The summed E-state index contributed by atoms with van der Waals surface area (Å²) in [5.41, 5.74) is 0.341. The lowest BCUT2D eigenvalue weighted by molar-refractivity contribution is 0.0818. The average Bonchev–Trinajstić information content (AvgIpc) is 2.41. The Hall–Kier alpha value is -1.22. The molecule has 5 heteroatoms. The molecule has 2 nitrogen and oxygen atoms in total. The Morgan fingerprint density at radius 3 is 2.50 bits per heavy atom. The molecular formula is C15H11Cl3O2. The zero-order valence-corrected chi connectivity index (χ0v) is 12.8. The number of rotatable bonds is 4. The molecule has 0 fully saturated rings. The standard InChI is InChI=1S/C15H11Cl3O2/c1-9(20-11-5-2-4-10(16)8-11)15(19)12-6-3-7-13(17)14(12)18/h2-9H,1H3. The van der Waals surface area contributed by atoms with Crippen molar-refractivity contribution in [3.8, 4) is 5.75 Å². The van der Waals surface area contributed by atoms with Crippen molar-refractivity contribution in [3.05, 3.63) is 63.1 Å². The maximum atomic E-state index is 12.3. The minimum Gasteiger partial charge on any atom is -0.483 e. The van der Waals surface area contributed by atoms with E-state index in [0.717, 1.165) is 0 Å². The van der Waals surface area contributed by atoms with Gasteiger partial charge in [-0.3, -0.25) is 4.79 Å². The zero-order chi connectivity index (χ0) is 14.7. The molecule has 0 aliphatic heterocycles. The SMILES string of the molecule is CC(Oc1cccc(Cl)c1)C(=O)c1cccc(Cl)c1Cl. The minimum atomic E-state index is -0.690. The van der Waals surface area contributed by atoms with Crippen LogP contribution in [-0.4, -0.2) is 11.9 Å². The lowest BCUT2D eigenvalue weighted by Crippen LogP contribution is -2.24. The molecule has 0 amide bonds. The first-order valence-corrected chi connectivity index (χ1v) is 7.03. The average molecular weight is 330 g/mol. The summed E-state index contributed by atoms with van der Waals surface area (Å²) in [5, 5.41) is 1.12. The largest absolute Gasteiger partial charge is 0.483 e. The Balaban J connectivity index is 2.19. The van der Waals surface area contributed by atoms with Gasteiger partial charge < -0.3 is 4.74 Å². The van der Waals surface area contributed by atoms with E-state index in [4.69, 9.17) is 39.5 Å². The monoisotopic (exact) mass is 328 g/mol. The van der Waals surface area contributed by atoms with Gasteiger partial charge in [-0.1, -0.05) is 46.9 Å². The number of hydrogen-bond donors (Lipinski definition) is 0. The number of ketones is 1.